The van der Waals surface area contributed by atoms with Crippen LogP contribution in [0.1, 0.15) is 77.3 Å². The molecular formula is C32H37NO5S. The zero-order valence-electron chi connectivity index (χ0n) is 23.6. The highest BCUT2D eigenvalue weighted by atomic mass is 32.2. The number of carbonyl (C=O) groups excluding carboxylic acids is 2. The molecule has 2 aromatic rings. The Morgan fingerprint density at radius 3 is 1.74 bits per heavy atom. The Labute approximate surface area is 231 Å². The zero-order chi connectivity index (χ0) is 28.3. The van der Waals surface area contributed by atoms with Crippen LogP contribution in [0.2, 0.25) is 0 Å². The Morgan fingerprint density at radius 2 is 1.28 bits per heavy atom. The smallest absolute Gasteiger partial charge is 0.339 e. The number of nitrogens with zero attached hydrogens (tertiary/aromatic N) is 1. The van der Waals surface area contributed by atoms with Gasteiger partial charge in [-0.1, -0.05) is 57.5 Å². The predicted molar refractivity (Wildman–Crippen MR) is 151 cm³/mol. The highest BCUT2D eigenvalue weighted by Gasteiger charge is 2.48. The first kappa shape index (κ1) is 27.4. The molecule has 0 radical (unpaired) electrons. The molecule has 0 atom stereocenters. The summed E-state index contributed by atoms with van der Waals surface area (Å²) in [4.78, 5) is 29.7. The van der Waals surface area contributed by atoms with Gasteiger partial charge in [-0.05, 0) is 67.3 Å². The van der Waals surface area contributed by atoms with Gasteiger partial charge in [-0.3, -0.25) is 9.59 Å². The standard InChI is InChI=1S/C32H37NO5S/c1-7-33-24-16-31(3,4)18-26(34)29(24)28(30-25(33)17-32(5,6)19-27(30)35)21-10-12-22(13-11-21)38-39(36,37)23-14-8-20(2)9-15-23/h8-15,28H,7,16-19H2,1-6H3. The summed E-state index contributed by atoms with van der Waals surface area (Å²) >= 11 is 0. The first-order valence-electron chi connectivity index (χ1n) is 13.6. The van der Waals surface area contributed by atoms with Crippen molar-refractivity contribution in [3.05, 3.63) is 82.2 Å². The number of hydrogen-bond donors (Lipinski definition) is 0. The lowest BCUT2D eigenvalue weighted by Crippen LogP contribution is -2.44. The lowest BCUT2D eigenvalue weighted by atomic mass is 9.63. The number of carbonyl (C=O) groups is 2. The molecule has 3 aliphatic rings. The average molecular weight is 548 g/mol. The molecule has 0 amide bonds. The van der Waals surface area contributed by atoms with Crippen LogP contribution in [0.25, 0.3) is 0 Å². The normalized spacial score (nSPS) is 21.1. The van der Waals surface area contributed by atoms with Gasteiger partial charge in [0.2, 0.25) is 0 Å². The summed E-state index contributed by atoms with van der Waals surface area (Å²) in [7, 11) is -3.99. The van der Waals surface area contributed by atoms with Crippen molar-refractivity contribution in [1.29, 1.82) is 0 Å². The van der Waals surface area contributed by atoms with Crippen molar-refractivity contribution < 1.29 is 22.2 Å². The average Bonchev–Trinajstić information content (AvgIpc) is 2.82. The SMILES string of the molecule is CCN1C2=C(C(=O)CC(C)(C)C2)C(c2ccc(OS(=O)(=O)c3ccc(C)cc3)cc2)C2=C1CC(C)(C)CC2=O. The lowest BCUT2D eigenvalue weighted by Gasteiger charge is -2.48. The molecule has 0 aromatic heterocycles. The van der Waals surface area contributed by atoms with E-state index in [9.17, 15) is 18.0 Å². The van der Waals surface area contributed by atoms with E-state index in [1.54, 1.807) is 36.4 Å². The molecule has 1 aliphatic heterocycles. The third kappa shape index (κ3) is 5.09. The molecule has 5 rings (SSSR count). The van der Waals surface area contributed by atoms with Gasteiger partial charge < -0.3 is 9.08 Å². The highest BCUT2D eigenvalue weighted by Crippen LogP contribution is 2.54. The maximum Gasteiger partial charge on any atom is 0.339 e. The summed E-state index contributed by atoms with van der Waals surface area (Å²) in [6, 6.07) is 13.3. The van der Waals surface area contributed by atoms with Crippen molar-refractivity contribution in [3.8, 4) is 5.75 Å². The Morgan fingerprint density at radius 1 is 0.795 bits per heavy atom. The molecule has 0 N–H and O–H groups in total. The lowest BCUT2D eigenvalue weighted by molar-refractivity contribution is -0.119. The summed E-state index contributed by atoms with van der Waals surface area (Å²) < 4.78 is 31.1. The predicted octanol–water partition coefficient (Wildman–Crippen LogP) is 6.47. The summed E-state index contributed by atoms with van der Waals surface area (Å²) in [5.74, 6) is -0.124. The second-order valence-electron chi connectivity index (χ2n) is 12.7. The van der Waals surface area contributed by atoms with Crippen molar-refractivity contribution in [2.45, 2.75) is 78.0 Å². The van der Waals surface area contributed by atoms with Gasteiger partial charge >= 0.3 is 10.1 Å². The van der Waals surface area contributed by atoms with Crippen LogP contribution in [0, 0.1) is 17.8 Å². The van der Waals surface area contributed by atoms with Gasteiger partial charge in [0, 0.05) is 47.8 Å². The van der Waals surface area contributed by atoms with Crippen LogP contribution in [0.5, 0.6) is 5.75 Å². The molecule has 0 bridgehead atoms. The molecule has 1 heterocycles. The van der Waals surface area contributed by atoms with Crippen LogP contribution < -0.4 is 4.18 Å². The molecule has 0 saturated carbocycles. The number of benzene rings is 2. The molecule has 7 heteroatoms. The first-order valence-corrected chi connectivity index (χ1v) is 15.0. The van der Waals surface area contributed by atoms with E-state index in [-0.39, 0.29) is 33.0 Å². The van der Waals surface area contributed by atoms with Crippen molar-refractivity contribution in [1.82, 2.24) is 4.90 Å². The van der Waals surface area contributed by atoms with E-state index in [2.05, 4.69) is 39.5 Å². The van der Waals surface area contributed by atoms with Crippen LogP contribution >= 0.6 is 0 Å². The summed E-state index contributed by atoms with van der Waals surface area (Å²) in [6.07, 6.45) is 2.38. The highest BCUT2D eigenvalue weighted by molar-refractivity contribution is 7.87. The Kier molecular flexibility index (Phi) is 6.65. The van der Waals surface area contributed by atoms with Gasteiger partial charge in [-0.15, -0.1) is 0 Å². The molecular weight excluding hydrogens is 510 g/mol. The number of aryl methyl sites for hydroxylation is 1. The summed E-state index contributed by atoms with van der Waals surface area (Å²) in [5.41, 5.74) is 4.89. The van der Waals surface area contributed by atoms with Crippen molar-refractivity contribution in [2.75, 3.05) is 6.54 Å². The van der Waals surface area contributed by atoms with Gasteiger partial charge in [0.15, 0.2) is 11.6 Å². The number of allylic oxidation sites excluding steroid dienone is 4. The third-order valence-electron chi connectivity index (χ3n) is 8.07. The summed E-state index contributed by atoms with van der Waals surface area (Å²) in [5, 5.41) is 0. The molecule has 206 valence electrons. The second kappa shape index (κ2) is 9.47. The van der Waals surface area contributed by atoms with E-state index in [0.717, 1.165) is 35.4 Å². The molecule has 0 spiro atoms. The van der Waals surface area contributed by atoms with Crippen LogP contribution in [0.15, 0.2) is 76.0 Å². The molecule has 0 saturated heterocycles. The number of rotatable bonds is 5. The zero-order valence-corrected chi connectivity index (χ0v) is 24.4. The van der Waals surface area contributed by atoms with E-state index in [1.165, 1.54) is 12.1 Å². The van der Waals surface area contributed by atoms with Crippen LogP contribution in [-0.4, -0.2) is 31.4 Å². The number of ketones is 2. The Bertz CT molecular complexity index is 1460. The topological polar surface area (TPSA) is 80.8 Å². The maximum absolute atomic E-state index is 13.7. The molecule has 39 heavy (non-hydrogen) atoms. The van der Waals surface area contributed by atoms with Crippen molar-refractivity contribution in [2.24, 2.45) is 10.8 Å². The van der Waals surface area contributed by atoms with Crippen molar-refractivity contribution >= 4 is 21.7 Å². The van der Waals surface area contributed by atoms with Gasteiger partial charge in [0.05, 0.1) is 0 Å². The number of Topliss-reactive ketones (excluding diaryl/α,β-unsaturated/α-hetero) is 2. The fourth-order valence-electron chi connectivity index (χ4n) is 6.36. The van der Waals surface area contributed by atoms with E-state index < -0.39 is 16.0 Å². The van der Waals surface area contributed by atoms with E-state index in [4.69, 9.17) is 4.18 Å². The van der Waals surface area contributed by atoms with Gasteiger partial charge in [-0.2, -0.15) is 8.42 Å². The monoisotopic (exact) mass is 547 g/mol. The van der Waals surface area contributed by atoms with Crippen LogP contribution in [0.4, 0.5) is 0 Å². The minimum absolute atomic E-state index is 0.0798. The third-order valence-corrected chi connectivity index (χ3v) is 9.33. The molecule has 2 aromatic carbocycles. The molecule has 6 nitrogen and oxygen atoms in total. The maximum atomic E-state index is 13.7. The van der Waals surface area contributed by atoms with E-state index >= 15 is 0 Å². The summed E-state index contributed by atoms with van der Waals surface area (Å²) in [6.45, 7) is 13.2. The number of hydrogen-bond acceptors (Lipinski definition) is 6. The second-order valence-corrected chi connectivity index (χ2v) is 14.2. The van der Waals surface area contributed by atoms with Gasteiger partial charge in [-0.25, -0.2) is 0 Å². The minimum Gasteiger partial charge on any atom is -0.379 e. The molecule has 0 unspecified atom stereocenters. The van der Waals surface area contributed by atoms with Crippen molar-refractivity contribution in [3.63, 3.8) is 0 Å². The molecule has 2 aliphatic carbocycles. The largest absolute Gasteiger partial charge is 0.379 e. The van der Waals surface area contributed by atoms with E-state index in [1.807, 2.05) is 6.92 Å². The van der Waals surface area contributed by atoms with E-state index in [0.29, 0.717) is 30.5 Å². The van der Waals surface area contributed by atoms with Crippen LogP contribution in [0.3, 0.4) is 0 Å². The fourth-order valence-corrected chi connectivity index (χ4v) is 7.29. The Hall–Kier alpha value is -3.19. The minimum atomic E-state index is -3.99. The van der Waals surface area contributed by atoms with Gasteiger partial charge in [0.25, 0.3) is 0 Å². The first-order chi connectivity index (χ1) is 18.2. The molecule has 0 fully saturated rings. The van der Waals surface area contributed by atoms with Crippen LogP contribution in [-0.2, 0) is 19.7 Å². The quantitative estimate of drug-likeness (QED) is 0.399. The fraction of sp³-hybridized carbons (Fsp3) is 0.438. The Balaban J connectivity index is 1.58. The van der Waals surface area contributed by atoms with Gasteiger partial charge in [0.1, 0.15) is 10.6 Å².